The molecule has 0 bridgehead atoms. The minimum atomic E-state index is 1.08. The number of rotatable bonds is 1. The van der Waals surface area contributed by atoms with Crippen molar-refractivity contribution in [1.82, 2.24) is 5.32 Å². The zero-order valence-corrected chi connectivity index (χ0v) is 8.29. The number of allylic oxidation sites excluding steroid dienone is 4. The minimum absolute atomic E-state index is 1.08. The first kappa shape index (κ1) is 8.07. The lowest BCUT2D eigenvalue weighted by molar-refractivity contribution is 0.866. The minimum Gasteiger partial charge on any atom is -0.362 e. The summed E-state index contributed by atoms with van der Waals surface area (Å²) >= 11 is 0. The van der Waals surface area contributed by atoms with E-state index in [2.05, 4.69) is 32.9 Å². The second kappa shape index (κ2) is 3.45. The summed E-state index contributed by atoms with van der Waals surface area (Å²) in [6, 6.07) is 0. The SMILES string of the molecule is PCC1=CNC2=CCCC=C2C1. The summed E-state index contributed by atoms with van der Waals surface area (Å²) in [6.45, 7) is 0. The van der Waals surface area contributed by atoms with Crippen molar-refractivity contribution in [3.05, 3.63) is 35.2 Å². The molecule has 0 saturated carbocycles. The molecule has 1 atom stereocenters. The van der Waals surface area contributed by atoms with Crippen molar-refractivity contribution in [2.45, 2.75) is 19.3 Å². The summed E-state index contributed by atoms with van der Waals surface area (Å²) in [5.41, 5.74) is 4.30. The van der Waals surface area contributed by atoms with E-state index in [1.54, 1.807) is 0 Å². The standard InChI is InChI=1S/C10H14NP/c12-7-8-5-9-3-1-2-4-10(9)11-6-8/h3-4,6,11H,1-2,5,7,12H2. The number of nitrogens with one attached hydrogen (secondary N) is 1. The van der Waals surface area contributed by atoms with Gasteiger partial charge in [-0.05, 0) is 36.6 Å². The molecule has 0 fully saturated rings. The van der Waals surface area contributed by atoms with Crippen LogP contribution in [0.3, 0.4) is 0 Å². The summed E-state index contributed by atoms with van der Waals surface area (Å²) in [4.78, 5) is 0. The molecule has 1 aliphatic carbocycles. The molecule has 64 valence electrons. The van der Waals surface area contributed by atoms with Gasteiger partial charge in [-0.15, -0.1) is 9.24 Å². The zero-order chi connectivity index (χ0) is 8.39. The Kier molecular flexibility index (Phi) is 2.32. The van der Waals surface area contributed by atoms with E-state index in [9.17, 15) is 0 Å². The van der Waals surface area contributed by atoms with Crippen LogP contribution < -0.4 is 5.32 Å². The van der Waals surface area contributed by atoms with Gasteiger partial charge in [-0.25, -0.2) is 0 Å². The molecule has 2 aliphatic rings. The van der Waals surface area contributed by atoms with Gasteiger partial charge in [0, 0.05) is 11.9 Å². The molecule has 0 aromatic rings. The van der Waals surface area contributed by atoms with Crippen LogP contribution in [0.25, 0.3) is 0 Å². The Balaban J connectivity index is 2.21. The molecule has 2 rings (SSSR count). The smallest absolute Gasteiger partial charge is 0.0371 e. The van der Waals surface area contributed by atoms with Crippen molar-refractivity contribution in [3.63, 3.8) is 0 Å². The van der Waals surface area contributed by atoms with Crippen LogP contribution >= 0.6 is 9.24 Å². The van der Waals surface area contributed by atoms with Gasteiger partial charge in [-0.1, -0.05) is 12.2 Å². The normalized spacial score (nSPS) is 21.6. The Morgan fingerprint density at radius 3 is 3.00 bits per heavy atom. The third-order valence-corrected chi connectivity index (χ3v) is 2.89. The predicted octanol–water partition coefficient (Wildman–Crippen LogP) is 2.34. The van der Waals surface area contributed by atoms with E-state index in [1.807, 2.05) is 0 Å². The van der Waals surface area contributed by atoms with Crippen LogP contribution in [0.2, 0.25) is 0 Å². The fourth-order valence-electron chi connectivity index (χ4n) is 1.65. The van der Waals surface area contributed by atoms with Crippen LogP contribution in [0.15, 0.2) is 35.2 Å². The Morgan fingerprint density at radius 2 is 2.17 bits per heavy atom. The zero-order valence-electron chi connectivity index (χ0n) is 7.14. The first-order chi connectivity index (χ1) is 5.90. The number of hydrogen-bond donors (Lipinski definition) is 1. The topological polar surface area (TPSA) is 12.0 Å². The van der Waals surface area contributed by atoms with Crippen LogP contribution in [0.4, 0.5) is 0 Å². The van der Waals surface area contributed by atoms with Gasteiger partial charge in [0.2, 0.25) is 0 Å². The quantitative estimate of drug-likeness (QED) is 0.609. The first-order valence-corrected chi connectivity index (χ1v) is 5.26. The molecule has 0 spiro atoms. The van der Waals surface area contributed by atoms with Crippen LogP contribution in [-0.4, -0.2) is 6.16 Å². The van der Waals surface area contributed by atoms with E-state index in [-0.39, 0.29) is 0 Å². The van der Waals surface area contributed by atoms with Gasteiger partial charge in [0.05, 0.1) is 0 Å². The van der Waals surface area contributed by atoms with Crippen molar-refractivity contribution < 1.29 is 0 Å². The van der Waals surface area contributed by atoms with Crippen molar-refractivity contribution in [3.8, 4) is 0 Å². The lowest BCUT2D eigenvalue weighted by Gasteiger charge is -2.22. The third-order valence-electron chi connectivity index (χ3n) is 2.36. The number of hydrogen-bond acceptors (Lipinski definition) is 1. The van der Waals surface area contributed by atoms with E-state index < -0.39 is 0 Å². The van der Waals surface area contributed by atoms with Crippen molar-refractivity contribution in [1.29, 1.82) is 0 Å². The molecule has 12 heavy (non-hydrogen) atoms. The van der Waals surface area contributed by atoms with Crippen molar-refractivity contribution >= 4 is 9.24 Å². The van der Waals surface area contributed by atoms with Gasteiger partial charge in [0.15, 0.2) is 0 Å². The van der Waals surface area contributed by atoms with Gasteiger partial charge in [-0.3, -0.25) is 0 Å². The lowest BCUT2D eigenvalue weighted by Crippen LogP contribution is -2.16. The molecule has 0 radical (unpaired) electrons. The molecule has 1 aliphatic heterocycles. The Bertz CT molecular complexity index is 274. The van der Waals surface area contributed by atoms with Gasteiger partial charge >= 0.3 is 0 Å². The summed E-state index contributed by atoms with van der Waals surface area (Å²) in [5.74, 6) is 0. The van der Waals surface area contributed by atoms with E-state index in [0.29, 0.717) is 0 Å². The van der Waals surface area contributed by atoms with Gasteiger partial charge in [0.1, 0.15) is 0 Å². The maximum Gasteiger partial charge on any atom is 0.0371 e. The Hall–Kier alpha value is -0.550. The highest BCUT2D eigenvalue weighted by Crippen LogP contribution is 2.27. The highest BCUT2D eigenvalue weighted by Gasteiger charge is 2.13. The summed E-state index contributed by atoms with van der Waals surface area (Å²) in [7, 11) is 2.77. The monoisotopic (exact) mass is 179 g/mol. The lowest BCUT2D eigenvalue weighted by atomic mass is 9.95. The highest BCUT2D eigenvalue weighted by molar-refractivity contribution is 7.16. The molecule has 1 N–H and O–H groups in total. The Morgan fingerprint density at radius 1 is 1.33 bits per heavy atom. The van der Waals surface area contributed by atoms with Gasteiger partial charge in [0.25, 0.3) is 0 Å². The molecule has 0 aromatic heterocycles. The Labute approximate surface area is 75.8 Å². The second-order valence-corrected chi connectivity index (χ2v) is 3.66. The molecule has 0 amide bonds. The molecule has 0 aromatic carbocycles. The molecule has 1 unspecified atom stereocenters. The third kappa shape index (κ3) is 1.47. The highest BCUT2D eigenvalue weighted by atomic mass is 31.0. The van der Waals surface area contributed by atoms with Crippen LogP contribution in [0.5, 0.6) is 0 Å². The van der Waals surface area contributed by atoms with E-state index >= 15 is 0 Å². The fourth-order valence-corrected chi connectivity index (χ4v) is 1.91. The summed E-state index contributed by atoms with van der Waals surface area (Å²) < 4.78 is 0. The molecule has 2 heteroatoms. The van der Waals surface area contributed by atoms with E-state index in [1.165, 1.54) is 29.7 Å². The van der Waals surface area contributed by atoms with Gasteiger partial charge < -0.3 is 5.32 Å². The largest absolute Gasteiger partial charge is 0.362 e. The average molecular weight is 179 g/mol. The van der Waals surface area contributed by atoms with E-state index in [0.717, 1.165) is 12.6 Å². The molecule has 0 saturated heterocycles. The average Bonchev–Trinajstić information content (AvgIpc) is 2.17. The van der Waals surface area contributed by atoms with Crippen molar-refractivity contribution in [2.24, 2.45) is 0 Å². The maximum atomic E-state index is 3.34. The van der Waals surface area contributed by atoms with E-state index in [4.69, 9.17) is 0 Å². The van der Waals surface area contributed by atoms with Crippen LogP contribution in [0, 0.1) is 0 Å². The maximum absolute atomic E-state index is 3.34. The fraction of sp³-hybridized carbons (Fsp3) is 0.400. The van der Waals surface area contributed by atoms with Crippen molar-refractivity contribution in [2.75, 3.05) is 6.16 Å². The predicted molar refractivity (Wildman–Crippen MR) is 55.8 cm³/mol. The van der Waals surface area contributed by atoms with Gasteiger partial charge in [-0.2, -0.15) is 0 Å². The van der Waals surface area contributed by atoms with Crippen LogP contribution in [-0.2, 0) is 0 Å². The molecular weight excluding hydrogens is 165 g/mol. The molecule has 1 nitrogen and oxygen atoms in total. The summed E-state index contributed by atoms with van der Waals surface area (Å²) in [5, 5.41) is 3.34. The first-order valence-electron chi connectivity index (χ1n) is 4.44. The summed E-state index contributed by atoms with van der Waals surface area (Å²) in [6.07, 6.45) is 11.4. The molecule has 1 heterocycles. The molecular formula is C10H14NP. The second-order valence-electron chi connectivity index (χ2n) is 3.25. The number of fused-ring (bicyclic) bond motifs is 1. The van der Waals surface area contributed by atoms with Crippen LogP contribution in [0.1, 0.15) is 19.3 Å².